The summed E-state index contributed by atoms with van der Waals surface area (Å²) >= 11 is 1.65. The summed E-state index contributed by atoms with van der Waals surface area (Å²) in [5.41, 5.74) is 0. The lowest BCUT2D eigenvalue weighted by Crippen LogP contribution is -2.20. The molecule has 64 valence electrons. The molecule has 0 aliphatic heterocycles. The molecule has 0 saturated carbocycles. The van der Waals surface area contributed by atoms with Crippen molar-refractivity contribution < 1.29 is 4.79 Å². The van der Waals surface area contributed by atoms with Gasteiger partial charge in [-0.25, -0.2) is 9.79 Å². The third-order valence-electron chi connectivity index (χ3n) is 1.23. The smallest absolute Gasteiger partial charge is 0.339 e. The van der Waals surface area contributed by atoms with Gasteiger partial charge < -0.3 is 5.32 Å². The molecule has 0 aliphatic rings. The summed E-state index contributed by atoms with van der Waals surface area (Å²) in [5, 5.41) is 2.42. The number of urea groups is 1. The molecule has 0 atom stereocenters. The highest BCUT2D eigenvalue weighted by Crippen LogP contribution is 2.17. The van der Waals surface area contributed by atoms with Crippen LogP contribution in [0.3, 0.4) is 0 Å². The Kier molecular flexibility index (Phi) is 4.18. The molecule has 2 amide bonds. The first-order valence-electron chi connectivity index (χ1n) is 3.34. The largest absolute Gasteiger partial charge is 0.340 e. The Morgan fingerprint density at radius 3 is 2.55 bits per heavy atom. The Labute approximate surface area is 71.7 Å². The van der Waals surface area contributed by atoms with Crippen LogP contribution in [0.2, 0.25) is 0 Å². The van der Waals surface area contributed by atoms with Crippen LogP contribution in [-0.2, 0) is 0 Å². The number of rotatable bonds is 2. The molecule has 11 heavy (non-hydrogen) atoms. The van der Waals surface area contributed by atoms with Crippen LogP contribution in [0.25, 0.3) is 0 Å². The van der Waals surface area contributed by atoms with E-state index in [0.717, 1.165) is 0 Å². The first-order chi connectivity index (χ1) is 5.02. The maximum absolute atomic E-state index is 10.7. The Bertz CT molecular complexity index is 166. The van der Waals surface area contributed by atoms with E-state index >= 15 is 0 Å². The first-order valence-corrected chi connectivity index (χ1v) is 4.56. The topological polar surface area (TPSA) is 41.5 Å². The van der Waals surface area contributed by atoms with Crippen molar-refractivity contribution in [3.63, 3.8) is 0 Å². The van der Waals surface area contributed by atoms with Gasteiger partial charge in [-0.2, -0.15) is 11.8 Å². The van der Waals surface area contributed by atoms with Crippen molar-refractivity contribution in [3.8, 4) is 0 Å². The normalized spacial score (nSPS) is 12.0. The minimum Gasteiger partial charge on any atom is -0.339 e. The van der Waals surface area contributed by atoms with Crippen molar-refractivity contribution in [1.82, 2.24) is 5.32 Å². The highest BCUT2D eigenvalue weighted by molar-refractivity contribution is 8.00. The van der Waals surface area contributed by atoms with Crippen molar-refractivity contribution in [2.24, 2.45) is 4.99 Å². The van der Waals surface area contributed by atoms with E-state index in [9.17, 15) is 4.79 Å². The summed E-state index contributed by atoms with van der Waals surface area (Å²) in [6.45, 7) is 4.01. The van der Waals surface area contributed by atoms with Crippen molar-refractivity contribution in [2.75, 3.05) is 13.3 Å². The number of carbonyl (C=O) groups excluding carboxylic acids is 1. The fourth-order valence-corrected chi connectivity index (χ4v) is 0.489. The van der Waals surface area contributed by atoms with Crippen LogP contribution < -0.4 is 5.32 Å². The van der Waals surface area contributed by atoms with Gasteiger partial charge >= 0.3 is 6.03 Å². The van der Waals surface area contributed by atoms with Gasteiger partial charge in [0, 0.05) is 18.0 Å². The van der Waals surface area contributed by atoms with E-state index in [1.54, 1.807) is 25.0 Å². The zero-order valence-electron chi connectivity index (χ0n) is 7.34. The number of hydrogen-bond donors (Lipinski definition) is 1. The molecule has 0 radical (unpaired) electrons. The Morgan fingerprint density at radius 1 is 1.64 bits per heavy atom. The lowest BCUT2D eigenvalue weighted by Gasteiger charge is -2.14. The lowest BCUT2D eigenvalue weighted by atomic mass is 10.2. The molecule has 0 unspecified atom stereocenters. The summed E-state index contributed by atoms with van der Waals surface area (Å²) in [7, 11) is 1.56. The van der Waals surface area contributed by atoms with Crippen molar-refractivity contribution in [1.29, 1.82) is 0 Å². The van der Waals surface area contributed by atoms with Gasteiger partial charge in [-0.1, -0.05) is 0 Å². The maximum Gasteiger partial charge on any atom is 0.340 e. The number of nitrogens with one attached hydrogen (secondary N) is 1. The standard InChI is InChI=1S/C7H14N2OS/c1-7(2,11-4)5-9-6(10)8-3/h5H,1-4H3,(H,8,10)/b9-5+. The fourth-order valence-electron chi connectivity index (χ4n) is 0.331. The van der Waals surface area contributed by atoms with E-state index in [0.29, 0.717) is 0 Å². The predicted octanol–water partition coefficient (Wildman–Crippen LogP) is 1.54. The number of carbonyl (C=O) groups is 1. The molecule has 0 fully saturated rings. The molecule has 0 bridgehead atoms. The monoisotopic (exact) mass is 174 g/mol. The van der Waals surface area contributed by atoms with Gasteiger partial charge in [0.15, 0.2) is 0 Å². The molecular weight excluding hydrogens is 160 g/mol. The van der Waals surface area contributed by atoms with Gasteiger partial charge in [-0.15, -0.1) is 0 Å². The molecule has 0 heterocycles. The predicted molar refractivity (Wildman–Crippen MR) is 50.5 cm³/mol. The lowest BCUT2D eigenvalue weighted by molar-refractivity contribution is 0.251. The Hall–Kier alpha value is -0.510. The van der Waals surface area contributed by atoms with Crippen LogP contribution in [0.4, 0.5) is 4.79 Å². The molecule has 0 rings (SSSR count). The molecular formula is C7H14N2OS. The molecule has 0 aliphatic carbocycles. The van der Waals surface area contributed by atoms with E-state index in [1.165, 1.54) is 0 Å². The van der Waals surface area contributed by atoms with Crippen molar-refractivity contribution >= 4 is 24.0 Å². The van der Waals surface area contributed by atoms with Gasteiger partial charge in [-0.05, 0) is 20.1 Å². The highest BCUT2D eigenvalue weighted by atomic mass is 32.2. The minimum absolute atomic E-state index is 0.0630. The molecule has 0 saturated heterocycles. The summed E-state index contributed by atoms with van der Waals surface area (Å²) in [4.78, 5) is 14.3. The molecule has 0 aromatic rings. The summed E-state index contributed by atoms with van der Waals surface area (Å²) in [6, 6.07) is -0.299. The third kappa shape index (κ3) is 4.84. The molecule has 0 spiro atoms. The second-order valence-corrected chi connectivity index (χ2v) is 4.08. The number of aliphatic imine (C=N–C) groups is 1. The second kappa shape index (κ2) is 4.38. The first kappa shape index (κ1) is 10.5. The van der Waals surface area contributed by atoms with Gasteiger partial charge in [0.05, 0.1) is 0 Å². The van der Waals surface area contributed by atoms with E-state index < -0.39 is 0 Å². The van der Waals surface area contributed by atoms with Crippen molar-refractivity contribution in [2.45, 2.75) is 18.6 Å². The molecule has 0 aromatic heterocycles. The zero-order chi connectivity index (χ0) is 8.91. The summed E-state index contributed by atoms with van der Waals surface area (Å²) < 4.78 is -0.0630. The quantitative estimate of drug-likeness (QED) is 0.645. The van der Waals surface area contributed by atoms with Crippen LogP contribution in [0.1, 0.15) is 13.8 Å². The van der Waals surface area contributed by atoms with Crippen LogP contribution >= 0.6 is 11.8 Å². The molecule has 0 aromatic carbocycles. The van der Waals surface area contributed by atoms with Crippen LogP contribution in [0, 0.1) is 0 Å². The summed E-state index contributed by atoms with van der Waals surface area (Å²) in [6.07, 6.45) is 3.63. The average Bonchev–Trinajstić information content (AvgIpc) is 2.00. The molecule has 3 nitrogen and oxygen atoms in total. The molecule has 4 heteroatoms. The van der Waals surface area contributed by atoms with E-state index in [4.69, 9.17) is 0 Å². The number of amides is 2. The second-order valence-electron chi connectivity index (χ2n) is 2.62. The van der Waals surface area contributed by atoms with Gasteiger partial charge in [0.2, 0.25) is 0 Å². The van der Waals surface area contributed by atoms with Gasteiger partial charge in [-0.3, -0.25) is 0 Å². The van der Waals surface area contributed by atoms with Crippen LogP contribution in [0.15, 0.2) is 4.99 Å². The minimum atomic E-state index is -0.299. The van der Waals surface area contributed by atoms with Gasteiger partial charge in [0.25, 0.3) is 0 Å². The summed E-state index contributed by atoms with van der Waals surface area (Å²) in [5.74, 6) is 0. The average molecular weight is 174 g/mol. The van der Waals surface area contributed by atoms with E-state index in [2.05, 4.69) is 10.3 Å². The van der Waals surface area contributed by atoms with E-state index in [1.807, 2.05) is 20.1 Å². The number of hydrogen-bond acceptors (Lipinski definition) is 2. The van der Waals surface area contributed by atoms with Gasteiger partial charge in [0.1, 0.15) is 0 Å². The van der Waals surface area contributed by atoms with Crippen LogP contribution in [0.5, 0.6) is 0 Å². The highest BCUT2D eigenvalue weighted by Gasteiger charge is 2.12. The zero-order valence-corrected chi connectivity index (χ0v) is 8.16. The SMILES string of the molecule is CNC(=O)/N=C/C(C)(C)SC. The molecule has 1 N–H and O–H groups in total. The maximum atomic E-state index is 10.7. The van der Waals surface area contributed by atoms with Crippen molar-refractivity contribution in [3.05, 3.63) is 0 Å². The Morgan fingerprint density at radius 2 is 2.18 bits per heavy atom. The third-order valence-corrected chi connectivity index (χ3v) is 2.39. The van der Waals surface area contributed by atoms with Crippen LogP contribution in [-0.4, -0.2) is 30.3 Å². The number of thioether (sulfide) groups is 1. The number of nitrogens with zero attached hydrogens (tertiary/aromatic N) is 1. The fraction of sp³-hybridized carbons (Fsp3) is 0.714. The Balaban J connectivity index is 4.01. The van der Waals surface area contributed by atoms with E-state index in [-0.39, 0.29) is 10.8 Å².